The third kappa shape index (κ3) is 8.76. The van der Waals surface area contributed by atoms with Crippen molar-refractivity contribution in [1.29, 1.82) is 0 Å². The SMILES string of the molecule is COc1ccc(COC(c2ccccc2)(c2ccc(OC)cc2)C2CN(C(=O)CCCCCN3C(=O)c4ccccc4C3=O)CC2OC(=O)CCC(=O)O)cc1. The lowest BCUT2D eigenvalue weighted by Crippen LogP contribution is -2.46. The van der Waals surface area contributed by atoms with Crippen molar-refractivity contribution < 1.29 is 48.0 Å². The van der Waals surface area contributed by atoms with Crippen LogP contribution in [0, 0.1) is 5.92 Å². The standard InChI is InChI=1S/C44H46N2O10/c1-53-33-20-16-30(17-21-33)29-55-44(31-11-5-3-6-12-31,32-18-22-34(54-2)23-19-32)37-27-45(28-38(37)56-41(50)25-24-40(48)49)39(47)15-7-4-10-26-46-42(51)35-13-8-9-14-36(35)43(46)52/h3,5-6,8-9,11-14,16-23,37-38H,4,7,10,15,24-29H2,1-2H3,(H,48,49). The van der Waals surface area contributed by atoms with Crippen molar-refractivity contribution in [3.63, 3.8) is 0 Å². The number of carboxylic acid groups (broad SMARTS) is 1. The molecule has 0 saturated carbocycles. The first-order valence-corrected chi connectivity index (χ1v) is 18.8. The van der Waals surface area contributed by atoms with Gasteiger partial charge in [0.15, 0.2) is 0 Å². The van der Waals surface area contributed by atoms with Crippen LogP contribution in [0.25, 0.3) is 0 Å². The molecule has 1 fully saturated rings. The van der Waals surface area contributed by atoms with Gasteiger partial charge in [-0.3, -0.25) is 28.9 Å². The van der Waals surface area contributed by atoms with E-state index in [1.54, 1.807) is 43.4 Å². The molecule has 0 spiro atoms. The predicted octanol–water partition coefficient (Wildman–Crippen LogP) is 6.26. The number of methoxy groups -OCH3 is 2. The summed E-state index contributed by atoms with van der Waals surface area (Å²) in [7, 11) is 3.18. The molecule has 12 nitrogen and oxygen atoms in total. The number of rotatable bonds is 18. The Bertz CT molecular complexity index is 1980. The fraction of sp³-hybridized carbons (Fsp3) is 0.341. The van der Waals surface area contributed by atoms with Gasteiger partial charge in [-0.05, 0) is 65.9 Å². The predicted molar refractivity (Wildman–Crippen MR) is 205 cm³/mol. The lowest BCUT2D eigenvalue weighted by Gasteiger charge is -2.42. The number of benzene rings is 4. The van der Waals surface area contributed by atoms with Crippen molar-refractivity contribution in [2.45, 2.75) is 56.8 Å². The Morgan fingerprint density at radius 3 is 1.89 bits per heavy atom. The van der Waals surface area contributed by atoms with Gasteiger partial charge in [-0.2, -0.15) is 0 Å². The van der Waals surface area contributed by atoms with Gasteiger partial charge in [0.25, 0.3) is 11.8 Å². The third-order valence-electron chi connectivity index (χ3n) is 10.5. The summed E-state index contributed by atoms with van der Waals surface area (Å²) in [5, 5.41) is 9.29. The Morgan fingerprint density at radius 2 is 1.29 bits per heavy atom. The molecule has 6 rings (SSSR count). The average Bonchev–Trinajstić information content (AvgIpc) is 3.75. The maximum atomic E-state index is 14.0. The summed E-state index contributed by atoms with van der Waals surface area (Å²) in [4.78, 5) is 67.1. The molecule has 1 saturated heterocycles. The zero-order valence-electron chi connectivity index (χ0n) is 31.6. The van der Waals surface area contributed by atoms with Crippen LogP contribution in [0.1, 0.15) is 75.9 Å². The number of likely N-dealkylation sites (tertiary alicyclic amines) is 1. The minimum absolute atomic E-state index is 0.0774. The number of carbonyl (C=O) groups is 5. The van der Waals surface area contributed by atoms with Crippen LogP contribution >= 0.6 is 0 Å². The summed E-state index contributed by atoms with van der Waals surface area (Å²) in [5.41, 5.74) is 1.94. The molecule has 3 unspecified atom stereocenters. The quantitative estimate of drug-likeness (QED) is 0.0700. The molecule has 4 aromatic rings. The maximum absolute atomic E-state index is 14.0. The van der Waals surface area contributed by atoms with Crippen LogP contribution in [0.5, 0.6) is 11.5 Å². The molecule has 0 aliphatic carbocycles. The molecule has 3 amide bonds. The second-order valence-electron chi connectivity index (χ2n) is 13.9. The first-order chi connectivity index (χ1) is 27.1. The average molecular weight is 763 g/mol. The molecule has 0 aromatic heterocycles. The van der Waals surface area contributed by atoms with Gasteiger partial charge in [0, 0.05) is 19.5 Å². The molecule has 56 heavy (non-hydrogen) atoms. The molecule has 292 valence electrons. The maximum Gasteiger partial charge on any atom is 0.306 e. The van der Waals surface area contributed by atoms with E-state index in [9.17, 15) is 29.1 Å². The Kier molecular flexibility index (Phi) is 12.8. The number of carbonyl (C=O) groups excluding carboxylic acids is 4. The van der Waals surface area contributed by atoms with Gasteiger partial charge < -0.3 is 29.0 Å². The van der Waals surface area contributed by atoms with Gasteiger partial charge in [0.05, 0.1) is 57.3 Å². The number of imide groups is 1. The second-order valence-corrected chi connectivity index (χ2v) is 13.9. The molecule has 3 atom stereocenters. The van der Waals surface area contributed by atoms with Gasteiger partial charge >= 0.3 is 11.9 Å². The Labute approximate surface area is 325 Å². The summed E-state index contributed by atoms with van der Waals surface area (Å²) in [6.07, 6.45) is 0.286. The molecular weight excluding hydrogens is 716 g/mol. The molecule has 0 radical (unpaired) electrons. The van der Waals surface area contributed by atoms with Gasteiger partial charge in [0.1, 0.15) is 23.2 Å². The van der Waals surface area contributed by atoms with Crippen molar-refractivity contribution in [3.8, 4) is 11.5 Å². The van der Waals surface area contributed by atoms with Crippen LogP contribution in [0.3, 0.4) is 0 Å². The van der Waals surface area contributed by atoms with Crippen LogP contribution in [-0.2, 0) is 36.1 Å². The first kappa shape index (κ1) is 39.7. The van der Waals surface area contributed by atoms with Gasteiger partial charge in [-0.1, -0.05) is 73.2 Å². The summed E-state index contributed by atoms with van der Waals surface area (Å²) < 4.78 is 24.0. The van der Waals surface area contributed by atoms with Gasteiger partial charge in [-0.25, -0.2) is 0 Å². The van der Waals surface area contributed by atoms with Gasteiger partial charge in [0.2, 0.25) is 5.91 Å². The number of hydrogen-bond acceptors (Lipinski definition) is 9. The summed E-state index contributed by atoms with van der Waals surface area (Å²) >= 11 is 0. The summed E-state index contributed by atoms with van der Waals surface area (Å²) in [6.45, 7) is 0.665. The van der Waals surface area contributed by atoms with Crippen LogP contribution in [0.2, 0.25) is 0 Å². The lowest BCUT2D eigenvalue weighted by molar-refractivity contribution is -0.159. The van der Waals surface area contributed by atoms with Crippen LogP contribution in [0.15, 0.2) is 103 Å². The zero-order chi connectivity index (χ0) is 39.7. The van der Waals surface area contributed by atoms with E-state index in [0.717, 1.165) is 16.7 Å². The molecular formula is C44H46N2O10. The lowest BCUT2D eigenvalue weighted by atomic mass is 9.74. The summed E-state index contributed by atoms with van der Waals surface area (Å²) in [6, 6.07) is 31.3. The van der Waals surface area contributed by atoms with E-state index in [2.05, 4.69) is 0 Å². The number of amides is 3. The number of hydrogen-bond donors (Lipinski definition) is 1. The number of ether oxygens (including phenoxy) is 4. The van der Waals surface area contributed by atoms with E-state index >= 15 is 0 Å². The number of fused-ring (bicyclic) bond motifs is 1. The smallest absolute Gasteiger partial charge is 0.306 e. The highest BCUT2D eigenvalue weighted by Gasteiger charge is 2.53. The number of unbranched alkanes of at least 4 members (excludes halogenated alkanes) is 2. The number of carboxylic acids is 1. The molecule has 12 heteroatoms. The summed E-state index contributed by atoms with van der Waals surface area (Å²) in [5.74, 6) is -1.85. The first-order valence-electron chi connectivity index (χ1n) is 18.8. The topological polar surface area (TPSA) is 149 Å². The molecule has 2 aliphatic rings. The number of aliphatic carboxylic acids is 1. The van der Waals surface area contributed by atoms with Gasteiger partial charge in [-0.15, -0.1) is 0 Å². The second kappa shape index (κ2) is 18.1. The zero-order valence-corrected chi connectivity index (χ0v) is 31.6. The van der Waals surface area contributed by atoms with Crippen molar-refractivity contribution >= 4 is 29.7 Å². The Hall–Kier alpha value is -6.01. The van der Waals surface area contributed by atoms with E-state index in [1.165, 1.54) is 4.90 Å². The highest BCUT2D eigenvalue weighted by molar-refractivity contribution is 6.21. The van der Waals surface area contributed by atoms with E-state index in [-0.39, 0.29) is 56.8 Å². The van der Waals surface area contributed by atoms with Crippen LogP contribution in [0.4, 0.5) is 0 Å². The highest BCUT2D eigenvalue weighted by Crippen LogP contribution is 2.47. The number of esters is 1. The molecule has 2 aliphatic heterocycles. The van der Waals surface area contributed by atoms with Crippen LogP contribution in [-0.4, -0.2) is 84.5 Å². The van der Waals surface area contributed by atoms with Crippen molar-refractivity contribution in [2.75, 3.05) is 33.9 Å². The largest absolute Gasteiger partial charge is 0.497 e. The normalized spacial score (nSPS) is 17.3. The van der Waals surface area contributed by atoms with Crippen molar-refractivity contribution in [2.24, 2.45) is 5.92 Å². The fourth-order valence-corrected chi connectivity index (χ4v) is 7.56. The number of nitrogens with zero attached hydrogens (tertiary/aromatic N) is 2. The van der Waals surface area contributed by atoms with E-state index in [4.69, 9.17) is 18.9 Å². The van der Waals surface area contributed by atoms with Crippen molar-refractivity contribution in [1.82, 2.24) is 9.80 Å². The monoisotopic (exact) mass is 762 g/mol. The Morgan fingerprint density at radius 1 is 0.696 bits per heavy atom. The van der Waals surface area contributed by atoms with E-state index < -0.39 is 36.0 Å². The minimum Gasteiger partial charge on any atom is -0.497 e. The molecule has 0 bridgehead atoms. The fourth-order valence-electron chi connectivity index (χ4n) is 7.56. The van der Waals surface area contributed by atoms with Crippen LogP contribution < -0.4 is 9.47 Å². The third-order valence-corrected chi connectivity index (χ3v) is 10.5. The molecule has 1 N–H and O–H groups in total. The molecule has 4 aromatic carbocycles. The highest BCUT2D eigenvalue weighted by atomic mass is 16.6. The molecule has 2 heterocycles. The van der Waals surface area contributed by atoms with E-state index in [0.29, 0.717) is 41.9 Å². The van der Waals surface area contributed by atoms with E-state index in [1.807, 2.05) is 78.9 Å². The Balaban J connectivity index is 1.25. The minimum atomic E-state index is -1.26. The van der Waals surface area contributed by atoms with Crippen molar-refractivity contribution in [3.05, 3.63) is 131 Å².